The summed E-state index contributed by atoms with van der Waals surface area (Å²) in [5, 5.41) is 9.53. The highest BCUT2D eigenvalue weighted by Crippen LogP contribution is 2.44. The molecule has 110 valence electrons. The third kappa shape index (κ3) is 2.31. The van der Waals surface area contributed by atoms with Crippen LogP contribution in [0.5, 0.6) is 0 Å². The van der Waals surface area contributed by atoms with Crippen LogP contribution in [0.2, 0.25) is 0 Å². The maximum atomic E-state index is 13.7. The van der Waals surface area contributed by atoms with Gasteiger partial charge in [0.25, 0.3) is 0 Å². The van der Waals surface area contributed by atoms with Crippen LogP contribution >= 0.6 is 0 Å². The number of hydrogen-bond acceptors (Lipinski definition) is 3. The van der Waals surface area contributed by atoms with E-state index in [-0.39, 0.29) is 12.8 Å². The molecule has 0 aromatic heterocycles. The van der Waals surface area contributed by atoms with Gasteiger partial charge in [-0.15, -0.1) is 0 Å². The van der Waals surface area contributed by atoms with Crippen molar-refractivity contribution in [1.29, 1.82) is 0 Å². The first-order valence-electron chi connectivity index (χ1n) is 5.88. The lowest BCUT2D eigenvalue weighted by Gasteiger charge is -2.41. The van der Waals surface area contributed by atoms with Gasteiger partial charge in [0.15, 0.2) is 11.6 Å². The largest absolute Gasteiger partial charge is 0.383 e. The molecule has 0 radical (unpaired) electrons. The second-order valence-corrected chi connectivity index (χ2v) is 4.64. The Bertz CT molecular complexity index is 532. The minimum absolute atomic E-state index is 0.193. The molecule has 0 spiro atoms. The number of alkyl halides is 2. The normalized spacial score (nSPS) is 17.2. The van der Waals surface area contributed by atoms with Gasteiger partial charge in [-0.3, -0.25) is 15.6 Å². The number of rotatable bonds is 4. The molecule has 0 unspecified atom stereocenters. The fourth-order valence-electron chi connectivity index (χ4n) is 1.84. The smallest absolute Gasteiger partial charge is 0.354 e. The maximum absolute atomic E-state index is 13.7. The van der Waals surface area contributed by atoms with Crippen LogP contribution < -0.4 is 10.9 Å². The Morgan fingerprint density at radius 2 is 1.95 bits per heavy atom. The standard InChI is InChI=1S/C12H12F4N2O2/c13-7-3-1-4-8(9(7)14)17-18-10(19)12(15,16)11(20)5-2-6-11/h1,3-4,17,20H,2,5-6H2,(H,18,19). The van der Waals surface area contributed by atoms with Gasteiger partial charge >= 0.3 is 11.8 Å². The predicted octanol–water partition coefficient (Wildman–Crippen LogP) is 1.96. The van der Waals surface area contributed by atoms with Crippen molar-refractivity contribution in [3.8, 4) is 0 Å². The Morgan fingerprint density at radius 3 is 2.50 bits per heavy atom. The number of aliphatic hydroxyl groups is 1. The van der Waals surface area contributed by atoms with E-state index in [4.69, 9.17) is 0 Å². The van der Waals surface area contributed by atoms with Crippen LogP contribution in [0.15, 0.2) is 18.2 Å². The number of benzene rings is 1. The summed E-state index contributed by atoms with van der Waals surface area (Å²) < 4.78 is 53.4. The first kappa shape index (κ1) is 14.6. The zero-order valence-electron chi connectivity index (χ0n) is 10.2. The summed E-state index contributed by atoms with van der Waals surface area (Å²) in [5.41, 5.74) is 0.584. The van der Waals surface area contributed by atoms with Gasteiger partial charge in [-0.1, -0.05) is 6.07 Å². The molecule has 1 amide bonds. The number of halogens is 4. The Morgan fingerprint density at radius 1 is 1.30 bits per heavy atom. The number of hydrazine groups is 1. The molecule has 20 heavy (non-hydrogen) atoms. The third-order valence-corrected chi connectivity index (χ3v) is 3.31. The second-order valence-electron chi connectivity index (χ2n) is 4.64. The van der Waals surface area contributed by atoms with Crippen molar-refractivity contribution in [2.45, 2.75) is 30.8 Å². The highest BCUT2D eigenvalue weighted by molar-refractivity contribution is 5.86. The van der Waals surface area contributed by atoms with Crippen molar-refractivity contribution >= 4 is 11.6 Å². The predicted molar refractivity (Wildman–Crippen MR) is 61.9 cm³/mol. The summed E-state index contributed by atoms with van der Waals surface area (Å²) in [7, 11) is 0. The van der Waals surface area contributed by atoms with Gasteiger partial charge in [0.05, 0.1) is 5.69 Å². The Labute approximate surface area is 111 Å². The topological polar surface area (TPSA) is 61.4 Å². The minimum Gasteiger partial charge on any atom is -0.383 e. The lowest BCUT2D eigenvalue weighted by molar-refractivity contribution is -0.215. The van der Waals surface area contributed by atoms with Crippen molar-refractivity contribution in [3.05, 3.63) is 29.8 Å². The van der Waals surface area contributed by atoms with E-state index >= 15 is 0 Å². The molecule has 2 rings (SSSR count). The fourth-order valence-corrected chi connectivity index (χ4v) is 1.84. The van der Waals surface area contributed by atoms with E-state index in [0.717, 1.165) is 18.2 Å². The highest BCUT2D eigenvalue weighted by Gasteiger charge is 2.61. The van der Waals surface area contributed by atoms with Crippen LogP contribution in [0.1, 0.15) is 19.3 Å². The zero-order valence-corrected chi connectivity index (χ0v) is 10.2. The van der Waals surface area contributed by atoms with Gasteiger partial charge in [-0.25, -0.2) is 8.78 Å². The fraction of sp³-hybridized carbons (Fsp3) is 0.417. The molecule has 0 aliphatic heterocycles. The molecule has 0 saturated heterocycles. The van der Waals surface area contributed by atoms with Gasteiger partial charge in [0, 0.05) is 0 Å². The Balaban J connectivity index is 2.03. The van der Waals surface area contributed by atoms with Gasteiger partial charge < -0.3 is 5.11 Å². The molecule has 1 saturated carbocycles. The van der Waals surface area contributed by atoms with Gasteiger partial charge in [-0.05, 0) is 31.4 Å². The molecule has 1 aliphatic carbocycles. The first-order chi connectivity index (χ1) is 9.28. The number of carbonyl (C=O) groups excluding carboxylic acids is 1. The lowest BCUT2D eigenvalue weighted by atomic mass is 9.75. The molecule has 0 heterocycles. The van der Waals surface area contributed by atoms with E-state index in [9.17, 15) is 27.5 Å². The summed E-state index contributed by atoms with van der Waals surface area (Å²) in [6, 6.07) is 3.05. The second kappa shape index (κ2) is 4.93. The Kier molecular flexibility index (Phi) is 3.59. The summed E-state index contributed by atoms with van der Waals surface area (Å²) in [6.45, 7) is 0. The average Bonchev–Trinajstić information content (AvgIpc) is 2.37. The molecule has 0 atom stereocenters. The summed E-state index contributed by atoms with van der Waals surface area (Å²) in [6.07, 6.45) is 0.00875. The van der Waals surface area contributed by atoms with Gasteiger partial charge in [0.1, 0.15) is 5.60 Å². The van der Waals surface area contributed by atoms with Crippen LogP contribution in [-0.4, -0.2) is 22.5 Å². The molecule has 3 N–H and O–H groups in total. The SMILES string of the molecule is O=C(NNc1cccc(F)c1F)C(F)(F)C1(O)CCC1. The van der Waals surface area contributed by atoms with Crippen LogP contribution in [0, 0.1) is 11.6 Å². The van der Waals surface area contributed by atoms with E-state index in [2.05, 4.69) is 0 Å². The molecule has 1 aromatic carbocycles. The van der Waals surface area contributed by atoms with Crippen LogP contribution in [0.4, 0.5) is 23.2 Å². The van der Waals surface area contributed by atoms with Crippen molar-refractivity contribution < 1.29 is 27.5 Å². The van der Waals surface area contributed by atoms with Crippen molar-refractivity contribution in [1.82, 2.24) is 5.43 Å². The van der Waals surface area contributed by atoms with Gasteiger partial charge in [0.2, 0.25) is 0 Å². The van der Waals surface area contributed by atoms with E-state index in [0.29, 0.717) is 6.42 Å². The molecular weight excluding hydrogens is 280 g/mol. The van der Waals surface area contributed by atoms with Crippen LogP contribution in [-0.2, 0) is 4.79 Å². The van der Waals surface area contributed by atoms with Crippen LogP contribution in [0.25, 0.3) is 0 Å². The molecule has 1 aromatic rings. The number of carbonyl (C=O) groups is 1. The summed E-state index contributed by atoms with van der Waals surface area (Å²) in [4.78, 5) is 11.4. The molecule has 1 fully saturated rings. The quantitative estimate of drug-likeness (QED) is 0.587. The number of anilines is 1. The number of amides is 1. The first-order valence-corrected chi connectivity index (χ1v) is 5.88. The molecular formula is C12H12F4N2O2. The van der Waals surface area contributed by atoms with E-state index in [1.807, 2.05) is 5.43 Å². The van der Waals surface area contributed by atoms with Crippen LogP contribution in [0.3, 0.4) is 0 Å². The molecule has 0 bridgehead atoms. The van der Waals surface area contributed by atoms with Crippen molar-refractivity contribution in [2.24, 2.45) is 0 Å². The van der Waals surface area contributed by atoms with Gasteiger partial charge in [-0.2, -0.15) is 8.78 Å². The molecule has 1 aliphatic rings. The highest BCUT2D eigenvalue weighted by atomic mass is 19.3. The van der Waals surface area contributed by atoms with E-state index in [1.54, 1.807) is 5.43 Å². The average molecular weight is 292 g/mol. The van der Waals surface area contributed by atoms with E-state index < -0.39 is 34.8 Å². The lowest BCUT2D eigenvalue weighted by Crippen LogP contribution is -2.61. The van der Waals surface area contributed by atoms with Crippen molar-refractivity contribution in [2.75, 3.05) is 5.43 Å². The molecule has 4 nitrogen and oxygen atoms in total. The number of hydrogen-bond donors (Lipinski definition) is 3. The summed E-state index contributed by atoms with van der Waals surface area (Å²) >= 11 is 0. The zero-order chi connectivity index (χ0) is 15.0. The van der Waals surface area contributed by atoms with E-state index in [1.165, 1.54) is 0 Å². The monoisotopic (exact) mass is 292 g/mol. The van der Waals surface area contributed by atoms with Crippen molar-refractivity contribution in [3.63, 3.8) is 0 Å². The number of nitrogens with one attached hydrogen (secondary N) is 2. The Hall–Kier alpha value is -1.83. The minimum atomic E-state index is -4.01. The summed E-state index contributed by atoms with van der Waals surface area (Å²) in [5.74, 6) is -8.31. The molecule has 8 heteroatoms. The third-order valence-electron chi connectivity index (χ3n) is 3.31. The maximum Gasteiger partial charge on any atom is 0.354 e.